The largest absolute Gasteiger partial charge is 0.436 e. The second-order valence-corrected chi connectivity index (χ2v) is 7.93. The molecule has 30 heavy (non-hydrogen) atoms. The monoisotopic (exact) mass is 505 g/mol. The van der Waals surface area contributed by atoms with Crippen LogP contribution in [0.2, 0.25) is 10.0 Å². The molecule has 0 aliphatic rings. The van der Waals surface area contributed by atoms with Crippen molar-refractivity contribution in [3.63, 3.8) is 0 Å². The molecule has 0 saturated heterocycles. The number of rotatable bonds is 4. The minimum absolute atomic E-state index is 0.0178. The molecule has 0 radical (unpaired) electrons. The summed E-state index contributed by atoms with van der Waals surface area (Å²) in [6.45, 7) is 0. The van der Waals surface area contributed by atoms with Crippen molar-refractivity contribution in [3.8, 4) is 11.5 Å². The zero-order valence-electron chi connectivity index (χ0n) is 14.9. The number of hydrogen-bond donors (Lipinski definition) is 1. The van der Waals surface area contributed by atoms with Gasteiger partial charge in [0.05, 0.1) is 26.1 Å². The predicted octanol–water partition coefficient (Wildman–Crippen LogP) is 6.72. The van der Waals surface area contributed by atoms with E-state index in [1.165, 1.54) is 12.1 Å². The van der Waals surface area contributed by atoms with Gasteiger partial charge in [-0.1, -0.05) is 39.1 Å². The first-order valence-corrected chi connectivity index (χ1v) is 9.98. The number of aromatic nitrogens is 1. The Bertz CT molecular complexity index is 1320. The van der Waals surface area contributed by atoms with Crippen LogP contribution in [0.15, 0.2) is 63.5 Å². The normalized spacial score (nSPS) is 10.9. The number of non-ortho nitro benzene ring substituents is 1. The lowest BCUT2D eigenvalue weighted by Gasteiger charge is -2.06. The van der Waals surface area contributed by atoms with Crippen LogP contribution < -0.4 is 5.32 Å². The van der Waals surface area contributed by atoms with Crippen LogP contribution in [0.1, 0.15) is 10.4 Å². The van der Waals surface area contributed by atoms with Crippen molar-refractivity contribution in [1.82, 2.24) is 4.98 Å². The summed E-state index contributed by atoms with van der Waals surface area (Å²) in [5, 5.41) is 14.0. The number of hydrogen-bond acceptors (Lipinski definition) is 5. The standard InChI is InChI=1S/C20H10BrCl2N3O4/c21-10-1-5-15(22)14(7-10)20-25-17-8-11(2-6-18(17)30-20)24-19(27)13-4-3-12(26(28)29)9-16(13)23/h1-9H,(H,24,27). The van der Waals surface area contributed by atoms with Crippen LogP contribution in [0.5, 0.6) is 0 Å². The number of nitrogens with zero attached hydrogens (tertiary/aromatic N) is 2. The minimum atomic E-state index is -0.582. The van der Waals surface area contributed by atoms with E-state index in [4.69, 9.17) is 27.6 Å². The minimum Gasteiger partial charge on any atom is -0.436 e. The molecule has 4 rings (SSSR count). The number of amides is 1. The SMILES string of the molecule is O=C(Nc1ccc2oc(-c3cc(Br)ccc3Cl)nc2c1)c1ccc([N+](=O)[O-])cc1Cl. The molecule has 1 heterocycles. The fourth-order valence-corrected chi connectivity index (χ4v) is 3.60. The molecule has 1 aromatic heterocycles. The lowest BCUT2D eigenvalue weighted by molar-refractivity contribution is -0.384. The van der Waals surface area contributed by atoms with E-state index in [1.54, 1.807) is 30.3 Å². The van der Waals surface area contributed by atoms with Gasteiger partial charge in [0.25, 0.3) is 11.6 Å². The topological polar surface area (TPSA) is 98.3 Å². The van der Waals surface area contributed by atoms with Crippen LogP contribution in [0.3, 0.4) is 0 Å². The zero-order valence-corrected chi connectivity index (χ0v) is 18.0. The molecular weight excluding hydrogens is 497 g/mol. The summed E-state index contributed by atoms with van der Waals surface area (Å²) in [6, 6.07) is 14.0. The number of anilines is 1. The third kappa shape index (κ3) is 4.02. The van der Waals surface area contributed by atoms with Gasteiger partial charge >= 0.3 is 0 Å². The maximum Gasteiger partial charge on any atom is 0.270 e. The number of nitrogens with one attached hydrogen (secondary N) is 1. The van der Waals surface area contributed by atoms with Crippen molar-refractivity contribution in [1.29, 1.82) is 0 Å². The van der Waals surface area contributed by atoms with Gasteiger partial charge in [0.1, 0.15) is 5.52 Å². The molecule has 10 heteroatoms. The van der Waals surface area contributed by atoms with Crippen molar-refractivity contribution in [2.75, 3.05) is 5.32 Å². The average Bonchev–Trinajstić information content (AvgIpc) is 3.12. The lowest BCUT2D eigenvalue weighted by atomic mass is 10.2. The lowest BCUT2D eigenvalue weighted by Crippen LogP contribution is -2.12. The highest BCUT2D eigenvalue weighted by Gasteiger charge is 2.17. The van der Waals surface area contributed by atoms with E-state index < -0.39 is 10.8 Å². The number of carbonyl (C=O) groups excluding carboxylic acids is 1. The van der Waals surface area contributed by atoms with Crippen molar-refractivity contribution >= 4 is 67.5 Å². The van der Waals surface area contributed by atoms with E-state index in [0.29, 0.717) is 33.3 Å². The Morgan fingerprint density at radius 1 is 1.07 bits per heavy atom. The van der Waals surface area contributed by atoms with Gasteiger partial charge < -0.3 is 9.73 Å². The Morgan fingerprint density at radius 3 is 2.60 bits per heavy atom. The quantitative estimate of drug-likeness (QED) is 0.244. The molecule has 7 nitrogen and oxygen atoms in total. The van der Waals surface area contributed by atoms with E-state index in [-0.39, 0.29) is 16.3 Å². The number of nitro groups is 1. The molecule has 0 aliphatic heterocycles. The Labute approximate surface area is 187 Å². The molecule has 0 atom stereocenters. The van der Waals surface area contributed by atoms with Gasteiger partial charge in [-0.25, -0.2) is 4.98 Å². The Hall–Kier alpha value is -2.94. The van der Waals surface area contributed by atoms with Crippen molar-refractivity contribution in [2.24, 2.45) is 0 Å². The van der Waals surface area contributed by atoms with Crippen molar-refractivity contribution < 1.29 is 14.1 Å². The maximum absolute atomic E-state index is 12.5. The summed E-state index contributed by atoms with van der Waals surface area (Å²) >= 11 is 15.7. The van der Waals surface area contributed by atoms with E-state index in [1.807, 2.05) is 6.07 Å². The number of carbonyl (C=O) groups is 1. The highest BCUT2D eigenvalue weighted by Crippen LogP contribution is 2.33. The summed E-state index contributed by atoms with van der Waals surface area (Å²) in [5.74, 6) is -0.161. The smallest absolute Gasteiger partial charge is 0.270 e. The van der Waals surface area contributed by atoms with Crippen molar-refractivity contribution in [3.05, 3.63) is 84.8 Å². The number of nitro benzene ring substituents is 1. The highest BCUT2D eigenvalue weighted by atomic mass is 79.9. The van der Waals surface area contributed by atoms with Crippen LogP contribution in [0.25, 0.3) is 22.6 Å². The molecule has 1 N–H and O–H groups in total. The number of benzene rings is 3. The Balaban J connectivity index is 1.62. The first-order chi connectivity index (χ1) is 14.3. The van der Waals surface area contributed by atoms with Gasteiger partial charge in [0.2, 0.25) is 5.89 Å². The third-order valence-corrected chi connectivity index (χ3v) is 5.35. The second kappa shape index (κ2) is 8.06. The molecule has 3 aromatic carbocycles. The molecule has 0 bridgehead atoms. The Morgan fingerprint density at radius 2 is 1.87 bits per heavy atom. The summed E-state index contributed by atoms with van der Waals surface area (Å²) in [6.07, 6.45) is 0. The molecule has 150 valence electrons. The average molecular weight is 507 g/mol. The van der Waals surface area contributed by atoms with Crippen molar-refractivity contribution in [2.45, 2.75) is 0 Å². The van der Waals surface area contributed by atoms with Gasteiger partial charge in [-0.2, -0.15) is 0 Å². The van der Waals surface area contributed by atoms with Gasteiger partial charge in [-0.05, 0) is 42.5 Å². The first-order valence-electron chi connectivity index (χ1n) is 8.43. The predicted molar refractivity (Wildman–Crippen MR) is 118 cm³/mol. The summed E-state index contributed by atoms with van der Waals surface area (Å²) in [5.41, 5.74) is 2.05. The molecule has 0 fully saturated rings. The fourth-order valence-electron chi connectivity index (χ4n) is 2.78. The molecule has 1 amide bonds. The van der Waals surface area contributed by atoms with E-state index in [0.717, 1.165) is 10.5 Å². The number of halogens is 3. The van der Waals surface area contributed by atoms with Crippen LogP contribution in [-0.4, -0.2) is 15.8 Å². The van der Waals surface area contributed by atoms with Gasteiger partial charge in [-0.3, -0.25) is 14.9 Å². The summed E-state index contributed by atoms with van der Waals surface area (Å²) in [4.78, 5) is 27.2. The zero-order chi connectivity index (χ0) is 21.4. The fraction of sp³-hybridized carbons (Fsp3) is 0. The van der Waals surface area contributed by atoms with Crippen LogP contribution in [0, 0.1) is 10.1 Å². The third-order valence-electron chi connectivity index (χ3n) is 4.21. The molecular formula is C20H10BrCl2N3O4. The van der Waals surface area contributed by atoms with Crippen LogP contribution in [-0.2, 0) is 0 Å². The number of oxazole rings is 1. The maximum atomic E-state index is 12.5. The summed E-state index contributed by atoms with van der Waals surface area (Å²) in [7, 11) is 0. The van der Waals surface area contributed by atoms with Crippen LogP contribution >= 0.6 is 39.1 Å². The van der Waals surface area contributed by atoms with Gasteiger partial charge in [-0.15, -0.1) is 0 Å². The summed E-state index contributed by atoms with van der Waals surface area (Å²) < 4.78 is 6.61. The van der Waals surface area contributed by atoms with Gasteiger partial charge in [0.15, 0.2) is 5.58 Å². The number of fused-ring (bicyclic) bond motifs is 1. The molecule has 0 saturated carbocycles. The van der Waals surface area contributed by atoms with E-state index >= 15 is 0 Å². The molecule has 4 aromatic rings. The van der Waals surface area contributed by atoms with Gasteiger partial charge in [0, 0.05) is 22.3 Å². The van der Waals surface area contributed by atoms with E-state index in [2.05, 4.69) is 26.2 Å². The highest BCUT2D eigenvalue weighted by molar-refractivity contribution is 9.10. The molecule has 0 unspecified atom stereocenters. The Kier molecular flexibility index (Phi) is 5.46. The second-order valence-electron chi connectivity index (χ2n) is 6.20. The molecule has 0 aliphatic carbocycles. The molecule has 0 spiro atoms. The first kappa shape index (κ1) is 20.3. The van der Waals surface area contributed by atoms with E-state index in [9.17, 15) is 14.9 Å². The van der Waals surface area contributed by atoms with Crippen LogP contribution in [0.4, 0.5) is 11.4 Å².